The highest BCUT2D eigenvalue weighted by Crippen LogP contribution is 2.29. The van der Waals surface area contributed by atoms with Gasteiger partial charge in [-0.2, -0.15) is 0 Å². The van der Waals surface area contributed by atoms with Crippen LogP contribution in [0, 0.1) is 0 Å². The lowest BCUT2D eigenvalue weighted by molar-refractivity contribution is 0.262. The highest BCUT2D eigenvalue weighted by atomic mass is 32.1. The highest BCUT2D eigenvalue weighted by molar-refractivity contribution is 7.15. The summed E-state index contributed by atoms with van der Waals surface area (Å²) >= 11 is 1.38. The van der Waals surface area contributed by atoms with E-state index in [9.17, 15) is 4.79 Å². The van der Waals surface area contributed by atoms with Crippen LogP contribution in [-0.4, -0.2) is 30.4 Å². The zero-order chi connectivity index (χ0) is 16.7. The Morgan fingerprint density at radius 1 is 1.22 bits per heavy atom. The number of ether oxygens (including phenoxy) is 2. The number of urea groups is 1. The number of carbonyl (C=O) groups excluding carboxylic acids is 1. The van der Waals surface area contributed by atoms with Gasteiger partial charge in [-0.05, 0) is 18.6 Å². The number of rotatable bonds is 7. The average molecular weight is 336 g/mol. The summed E-state index contributed by atoms with van der Waals surface area (Å²) < 4.78 is 10.4. The topological polar surface area (TPSA) is 85.4 Å². The summed E-state index contributed by atoms with van der Waals surface area (Å²) in [6, 6.07) is 4.76. The summed E-state index contributed by atoms with van der Waals surface area (Å²) in [5.41, 5.74) is 0.543. The fourth-order valence-corrected chi connectivity index (χ4v) is 2.66. The first kappa shape index (κ1) is 17.0. The molecule has 1 aromatic carbocycles. The van der Waals surface area contributed by atoms with Gasteiger partial charge in [-0.3, -0.25) is 5.32 Å². The number of carbonyl (C=O) groups is 1. The minimum absolute atomic E-state index is 0.397. The van der Waals surface area contributed by atoms with Crippen LogP contribution in [0.15, 0.2) is 18.2 Å². The summed E-state index contributed by atoms with van der Waals surface area (Å²) in [5, 5.41) is 14.8. The maximum absolute atomic E-state index is 12.1. The lowest BCUT2D eigenvalue weighted by Gasteiger charge is -2.11. The number of anilines is 2. The normalized spacial score (nSPS) is 10.2. The van der Waals surface area contributed by atoms with Crippen LogP contribution in [0.1, 0.15) is 24.8 Å². The first-order valence-electron chi connectivity index (χ1n) is 7.28. The van der Waals surface area contributed by atoms with Gasteiger partial charge >= 0.3 is 6.03 Å². The molecule has 8 heteroatoms. The number of methoxy groups -OCH3 is 2. The SMILES string of the molecule is CCCCc1nnc(NC(=O)Nc2ccc(OC)cc2OC)s1. The Morgan fingerprint density at radius 2 is 2.04 bits per heavy atom. The van der Waals surface area contributed by atoms with E-state index in [1.54, 1.807) is 25.3 Å². The Morgan fingerprint density at radius 3 is 2.74 bits per heavy atom. The maximum atomic E-state index is 12.1. The molecule has 124 valence electrons. The number of nitrogens with one attached hydrogen (secondary N) is 2. The van der Waals surface area contributed by atoms with E-state index in [1.807, 2.05) is 0 Å². The molecule has 0 spiro atoms. The second-order valence-corrected chi connectivity index (χ2v) is 5.81. The van der Waals surface area contributed by atoms with Crippen molar-refractivity contribution in [2.75, 3.05) is 24.9 Å². The third-order valence-electron chi connectivity index (χ3n) is 3.09. The number of nitrogens with zero attached hydrogens (tertiary/aromatic N) is 2. The van der Waals surface area contributed by atoms with E-state index in [0.29, 0.717) is 22.3 Å². The summed E-state index contributed by atoms with van der Waals surface area (Å²) in [7, 11) is 3.10. The molecule has 23 heavy (non-hydrogen) atoms. The van der Waals surface area contributed by atoms with Crippen molar-refractivity contribution < 1.29 is 14.3 Å². The second-order valence-electron chi connectivity index (χ2n) is 4.75. The van der Waals surface area contributed by atoms with Gasteiger partial charge in [0.05, 0.1) is 19.9 Å². The number of amides is 2. The molecular weight excluding hydrogens is 316 g/mol. The quantitative estimate of drug-likeness (QED) is 0.808. The number of aryl methyl sites for hydroxylation is 1. The van der Waals surface area contributed by atoms with Crippen molar-refractivity contribution in [1.82, 2.24) is 10.2 Å². The van der Waals surface area contributed by atoms with E-state index in [-0.39, 0.29) is 0 Å². The van der Waals surface area contributed by atoms with Crippen molar-refractivity contribution in [3.63, 3.8) is 0 Å². The standard InChI is InChI=1S/C15H20N4O3S/c1-4-5-6-13-18-19-15(23-13)17-14(20)16-11-8-7-10(21-2)9-12(11)22-3/h7-9H,4-6H2,1-3H3,(H2,16,17,19,20). The predicted molar refractivity (Wildman–Crippen MR) is 90.7 cm³/mol. The maximum Gasteiger partial charge on any atom is 0.325 e. The van der Waals surface area contributed by atoms with Gasteiger partial charge in [0.25, 0.3) is 0 Å². The van der Waals surface area contributed by atoms with Crippen molar-refractivity contribution >= 4 is 28.2 Å². The van der Waals surface area contributed by atoms with Crippen molar-refractivity contribution in [3.05, 3.63) is 23.2 Å². The third kappa shape index (κ3) is 4.82. The molecule has 2 aromatic rings. The predicted octanol–water partition coefficient (Wildman–Crippen LogP) is 3.54. The van der Waals surface area contributed by atoms with Crippen LogP contribution < -0.4 is 20.1 Å². The monoisotopic (exact) mass is 336 g/mol. The zero-order valence-corrected chi connectivity index (χ0v) is 14.2. The molecule has 2 amide bonds. The molecule has 0 aliphatic heterocycles. The Bertz CT molecular complexity index is 660. The average Bonchev–Trinajstić information content (AvgIpc) is 3.00. The van der Waals surface area contributed by atoms with Gasteiger partial charge in [-0.25, -0.2) is 4.79 Å². The minimum atomic E-state index is -0.397. The third-order valence-corrected chi connectivity index (χ3v) is 3.99. The molecule has 2 N–H and O–H groups in total. The van der Waals surface area contributed by atoms with Crippen LogP contribution in [0.25, 0.3) is 0 Å². The first-order valence-corrected chi connectivity index (χ1v) is 8.10. The molecule has 0 atom stereocenters. The summed E-state index contributed by atoms with van der Waals surface area (Å²) in [6.45, 7) is 2.12. The molecule has 1 aromatic heterocycles. The highest BCUT2D eigenvalue weighted by Gasteiger charge is 2.11. The molecule has 0 bridgehead atoms. The Balaban J connectivity index is 1.98. The van der Waals surface area contributed by atoms with Crippen molar-refractivity contribution in [2.24, 2.45) is 0 Å². The number of unbranched alkanes of at least 4 members (excludes halogenated alkanes) is 1. The number of hydrogen-bond donors (Lipinski definition) is 2. The zero-order valence-electron chi connectivity index (χ0n) is 13.4. The van der Waals surface area contributed by atoms with Gasteiger partial charge in [-0.1, -0.05) is 24.7 Å². The second kappa shape index (κ2) is 8.33. The lowest BCUT2D eigenvalue weighted by atomic mass is 10.2. The molecule has 2 rings (SSSR count). The van der Waals surface area contributed by atoms with Gasteiger partial charge in [-0.15, -0.1) is 10.2 Å². The van der Waals surface area contributed by atoms with Gasteiger partial charge < -0.3 is 14.8 Å². The van der Waals surface area contributed by atoms with Crippen LogP contribution in [0.5, 0.6) is 11.5 Å². The van der Waals surface area contributed by atoms with E-state index < -0.39 is 6.03 Å². The lowest BCUT2D eigenvalue weighted by Crippen LogP contribution is -2.19. The number of aromatic nitrogens is 2. The van der Waals surface area contributed by atoms with Crippen molar-refractivity contribution in [3.8, 4) is 11.5 Å². The van der Waals surface area contributed by atoms with Crippen molar-refractivity contribution in [1.29, 1.82) is 0 Å². The van der Waals surface area contributed by atoms with E-state index in [2.05, 4.69) is 27.8 Å². The molecule has 1 heterocycles. The molecule has 0 radical (unpaired) electrons. The molecule has 0 fully saturated rings. The van der Waals surface area contributed by atoms with Gasteiger partial charge in [0.1, 0.15) is 16.5 Å². The van der Waals surface area contributed by atoms with Gasteiger partial charge in [0, 0.05) is 12.5 Å². The van der Waals surface area contributed by atoms with E-state index in [4.69, 9.17) is 9.47 Å². The summed E-state index contributed by atoms with van der Waals surface area (Å²) in [4.78, 5) is 12.1. The molecule has 0 unspecified atom stereocenters. The molecule has 0 aliphatic rings. The Kier molecular flexibility index (Phi) is 6.16. The fraction of sp³-hybridized carbons (Fsp3) is 0.400. The van der Waals surface area contributed by atoms with Crippen LogP contribution in [0.2, 0.25) is 0 Å². The Labute approximate surface area is 139 Å². The molecule has 0 saturated carbocycles. The summed E-state index contributed by atoms with van der Waals surface area (Å²) in [6.07, 6.45) is 3.04. The number of benzene rings is 1. The molecule has 0 aliphatic carbocycles. The molecular formula is C15H20N4O3S. The minimum Gasteiger partial charge on any atom is -0.497 e. The molecule has 0 saturated heterocycles. The fourth-order valence-electron chi connectivity index (χ4n) is 1.89. The molecule has 7 nitrogen and oxygen atoms in total. The van der Waals surface area contributed by atoms with Crippen molar-refractivity contribution in [2.45, 2.75) is 26.2 Å². The van der Waals surface area contributed by atoms with Gasteiger partial charge in [0.2, 0.25) is 5.13 Å². The number of hydrogen-bond acceptors (Lipinski definition) is 6. The summed E-state index contributed by atoms with van der Waals surface area (Å²) in [5.74, 6) is 1.16. The van der Waals surface area contributed by atoms with E-state index in [1.165, 1.54) is 18.4 Å². The van der Waals surface area contributed by atoms with Crippen LogP contribution in [0.4, 0.5) is 15.6 Å². The van der Waals surface area contributed by atoms with E-state index in [0.717, 1.165) is 24.3 Å². The van der Waals surface area contributed by atoms with Crippen LogP contribution in [0.3, 0.4) is 0 Å². The Hall–Kier alpha value is -2.35. The van der Waals surface area contributed by atoms with Crippen LogP contribution in [-0.2, 0) is 6.42 Å². The van der Waals surface area contributed by atoms with Gasteiger partial charge in [0.15, 0.2) is 0 Å². The van der Waals surface area contributed by atoms with Crippen LogP contribution >= 0.6 is 11.3 Å². The van der Waals surface area contributed by atoms with E-state index >= 15 is 0 Å². The first-order chi connectivity index (χ1) is 11.2. The largest absolute Gasteiger partial charge is 0.497 e. The smallest absolute Gasteiger partial charge is 0.325 e.